The second-order valence-electron chi connectivity index (χ2n) is 7.72. The molecule has 0 bridgehead atoms. The van der Waals surface area contributed by atoms with Crippen LogP contribution in [0.1, 0.15) is 56.6 Å². The molecule has 1 aromatic carbocycles. The SMILES string of the molecule is CC[P+]1(C2(C(=O)Nc3c(C)cc(Cl)cc3C)CC2)CCCCCC1.[Y]. The van der Waals surface area contributed by atoms with Gasteiger partial charge >= 0.3 is 0 Å². The maximum atomic E-state index is 13.3. The van der Waals surface area contributed by atoms with Crippen molar-refractivity contribution in [2.75, 3.05) is 23.8 Å². The summed E-state index contributed by atoms with van der Waals surface area (Å²) in [4.78, 5) is 13.3. The predicted octanol–water partition coefficient (Wildman–Crippen LogP) is 6.04. The molecule has 2 nitrogen and oxygen atoms in total. The second-order valence-corrected chi connectivity index (χ2v) is 12.8. The number of halogens is 1. The molecule has 3 rings (SSSR count). The van der Waals surface area contributed by atoms with E-state index in [2.05, 4.69) is 12.2 Å². The van der Waals surface area contributed by atoms with Crippen molar-refractivity contribution in [3.63, 3.8) is 0 Å². The minimum absolute atomic E-state index is 0. The summed E-state index contributed by atoms with van der Waals surface area (Å²) in [5.41, 5.74) is 3.10. The molecule has 1 aliphatic carbocycles. The van der Waals surface area contributed by atoms with Crippen LogP contribution in [0.2, 0.25) is 5.02 Å². The number of benzene rings is 1. The Balaban J connectivity index is 0.00000225. The van der Waals surface area contributed by atoms with Gasteiger partial charge in [0, 0.05) is 63.5 Å². The van der Waals surface area contributed by atoms with Gasteiger partial charge in [-0.25, -0.2) is 0 Å². The Labute approximate surface area is 183 Å². The van der Waals surface area contributed by atoms with E-state index in [9.17, 15) is 4.79 Å². The van der Waals surface area contributed by atoms with Crippen LogP contribution < -0.4 is 5.32 Å². The van der Waals surface area contributed by atoms with Gasteiger partial charge in [-0.15, -0.1) is 0 Å². The quantitative estimate of drug-likeness (QED) is 0.551. The fourth-order valence-corrected chi connectivity index (χ4v) is 10.6. The van der Waals surface area contributed by atoms with E-state index < -0.39 is 7.26 Å². The predicted molar refractivity (Wildman–Crippen MR) is 107 cm³/mol. The van der Waals surface area contributed by atoms with E-state index in [4.69, 9.17) is 11.6 Å². The van der Waals surface area contributed by atoms with Crippen LogP contribution in [0, 0.1) is 13.8 Å². The number of hydrogen-bond acceptors (Lipinski definition) is 1. The number of rotatable bonds is 4. The average molecular weight is 456 g/mol. The first kappa shape index (κ1) is 21.8. The average Bonchev–Trinajstić information content (AvgIpc) is 3.34. The van der Waals surface area contributed by atoms with Gasteiger partial charge in [-0.3, -0.25) is 4.79 Å². The topological polar surface area (TPSA) is 29.1 Å². The number of hydrogen-bond donors (Lipinski definition) is 1. The summed E-state index contributed by atoms with van der Waals surface area (Å²) in [5.74, 6) is 0.299. The number of nitrogens with one attached hydrogen (secondary N) is 1. The fraction of sp³-hybridized carbons (Fsp3) is 0.650. The normalized spacial score (nSPS) is 21.0. The molecule has 1 N–H and O–H groups in total. The van der Waals surface area contributed by atoms with Crippen LogP contribution in [0.25, 0.3) is 0 Å². The standard InChI is InChI=1S/C20H29ClNOP.Y/c1-4-24(11-7-5-6-8-12-24)20(9-10-20)19(23)22-18-15(2)13-17(21)14-16(18)3;/h13-14H,4-12H2,1-3H3;/p+1. The Morgan fingerprint density at radius 2 is 1.64 bits per heavy atom. The van der Waals surface area contributed by atoms with Gasteiger partial charge in [0.2, 0.25) is 0 Å². The molecule has 135 valence electrons. The zero-order valence-electron chi connectivity index (χ0n) is 15.8. The molecular weight excluding hydrogens is 426 g/mol. The van der Waals surface area contributed by atoms with E-state index in [-0.39, 0.29) is 37.9 Å². The van der Waals surface area contributed by atoms with Crippen molar-refractivity contribution in [3.05, 3.63) is 28.3 Å². The summed E-state index contributed by atoms with van der Waals surface area (Å²) in [5, 5.41) is 4.03. The molecule has 1 saturated carbocycles. The summed E-state index contributed by atoms with van der Waals surface area (Å²) < 4.78 is 0. The second kappa shape index (κ2) is 8.68. The van der Waals surface area contributed by atoms with Gasteiger partial charge in [-0.05, 0) is 69.7 Å². The van der Waals surface area contributed by atoms with Crippen molar-refractivity contribution in [2.24, 2.45) is 0 Å². The third kappa shape index (κ3) is 4.18. The summed E-state index contributed by atoms with van der Waals surface area (Å²) >= 11 is 6.14. The molecule has 0 unspecified atom stereocenters. The van der Waals surface area contributed by atoms with Crippen LogP contribution in [0.3, 0.4) is 0 Å². The van der Waals surface area contributed by atoms with Crippen molar-refractivity contribution in [3.8, 4) is 0 Å². The first-order valence-corrected chi connectivity index (χ1v) is 12.1. The van der Waals surface area contributed by atoms with E-state index >= 15 is 0 Å². The molecule has 1 saturated heterocycles. The van der Waals surface area contributed by atoms with Crippen LogP contribution in [-0.4, -0.2) is 29.5 Å². The van der Waals surface area contributed by atoms with Crippen molar-refractivity contribution in [1.29, 1.82) is 0 Å². The van der Waals surface area contributed by atoms with Gasteiger partial charge in [-0.1, -0.05) is 11.6 Å². The molecule has 1 aromatic rings. The number of aryl methyl sites for hydroxylation is 2. The molecule has 0 atom stereocenters. The Bertz CT molecular complexity index is 614. The number of amides is 1. The summed E-state index contributed by atoms with van der Waals surface area (Å²) in [6, 6.07) is 3.89. The Hall–Kier alpha value is 0.514. The van der Waals surface area contributed by atoms with Gasteiger partial charge < -0.3 is 5.32 Å². The summed E-state index contributed by atoms with van der Waals surface area (Å²) in [6.07, 6.45) is 11.5. The van der Waals surface area contributed by atoms with E-state index in [1.807, 2.05) is 26.0 Å². The van der Waals surface area contributed by atoms with Crippen LogP contribution in [0.4, 0.5) is 5.69 Å². The number of anilines is 1. The van der Waals surface area contributed by atoms with Crippen molar-refractivity contribution in [2.45, 2.75) is 64.5 Å². The number of carbonyl (C=O) groups is 1. The molecule has 2 aliphatic rings. The molecule has 1 amide bonds. The monoisotopic (exact) mass is 455 g/mol. The molecular formula is C20H30ClNOPY+. The molecule has 1 radical (unpaired) electrons. The van der Waals surface area contributed by atoms with Crippen molar-refractivity contribution < 1.29 is 37.5 Å². The molecule has 0 spiro atoms. The third-order valence-electron chi connectivity index (χ3n) is 6.32. The van der Waals surface area contributed by atoms with Crippen LogP contribution in [0.15, 0.2) is 12.1 Å². The van der Waals surface area contributed by atoms with Gasteiger partial charge in [0.1, 0.15) is 0 Å². The maximum Gasteiger partial charge on any atom is 0.268 e. The van der Waals surface area contributed by atoms with Crippen molar-refractivity contribution in [1.82, 2.24) is 0 Å². The van der Waals surface area contributed by atoms with Gasteiger partial charge in [0.05, 0.1) is 18.5 Å². The fourth-order valence-electron chi connectivity index (χ4n) is 4.71. The zero-order valence-corrected chi connectivity index (χ0v) is 20.3. The van der Waals surface area contributed by atoms with Crippen LogP contribution in [0.5, 0.6) is 0 Å². The van der Waals surface area contributed by atoms with E-state index in [1.165, 1.54) is 44.2 Å². The molecule has 5 heteroatoms. The molecule has 25 heavy (non-hydrogen) atoms. The molecule has 1 aliphatic heterocycles. The molecule has 1 heterocycles. The van der Waals surface area contributed by atoms with Crippen LogP contribution >= 0.6 is 18.9 Å². The summed E-state index contributed by atoms with van der Waals surface area (Å²) in [6.45, 7) is 6.40. The first-order valence-electron chi connectivity index (χ1n) is 9.38. The van der Waals surface area contributed by atoms with E-state index in [0.717, 1.165) is 34.7 Å². The minimum atomic E-state index is -1.18. The summed E-state index contributed by atoms with van der Waals surface area (Å²) in [7, 11) is -1.18. The number of carbonyl (C=O) groups excluding carboxylic acids is 1. The third-order valence-corrected chi connectivity index (χ3v) is 12.6. The Morgan fingerprint density at radius 3 is 2.08 bits per heavy atom. The largest absolute Gasteiger partial charge is 0.322 e. The zero-order chi connectivity index (χ0) is 17.4. The first-order chi connectivity index (χ1) is 11.4. The van der Waals surface area contributed by atoms with E-state index in [0.29, 0.717) is 5.91 Å². The maximum absolute atomic E-state index is 13.3. The van der Waals surface area contributed by atoms with Gasteiger partial charge in [0.15, 0.2) is 5.16 Å². The van der Waals surface area contributed by atoms with Crippen LogP contribution in [-0.2, 0) is 37.5 Å². The molecule has 0 aromatic heterocycles. The minimum Gasteiger partial charge on any atom is -0.322 e. The van der Waals surface area contributed by atoms with Crippen molar-refractivity contribution >= 4 is 30.5 Å². The van der Waals surface area contributed by atoms with Gasteiger partial charge in [-0.2, -0.15) is 0 Å². The van der Waals surface area contributed by atoms with Gasteiger partial charge in [0.25, 0.3) is 5.91 Å². The molecule has 2 fully saturated rings. The Morgan fingerprint density at radius 1 is 1.12 bits per heavy atom. The Kier molecular flexibility index (Phi) is 7.57. The van der Waals surface area contributed by atoms with E-state index in [1.54, 1.807) is 0 Å². The smallest absolute Gasteiger partial charge is 0.268 e.